The second kappa shape index (κ2) is 14.3. The highest BCUT2D eigenvalue weighted by Crippen LogP contribution is 2.46. The fourth-order valence-corrected chi connectivity index (χ4v) is 7.61. The Morgan fingerprint density at radius 2 is 0.940 bits per heavy atom. The molecule has 7 aromatic rings. The summed E-state index contributed by atoms with van der Waals surface area (Å²) < 4.78 is 0. The lowest BCUT2D eigenvalue weighted by Gasteiger charge is -2.28. The zero-order valence-corrected chi connectivity index (χ0v) is 28.4. The van der Waals surface area contributed by atoms with Crippen LogP contribution in [-0.4, -0.2) is 10.7 Å². The van der Waals surface area contributed by atoms with Crippen molar-refractivity contribution in [3.8, 4) is 11.3 Å². The minimum Gasteiger partial charge on any atom is -0.251 e. The van der Waals surface area contributed by atoms with E-state index >= 15 is 0 Å². The molecule has 0 spiro atoms. The summed E-state index contributed by atoms with van der Waals surface area (Å²) in [6.07, 6.45) is 2.95. The van der Waals surface area contributed by atoms with Crippen molar-refractivity contribution in [1.82, 2.24) is 4.98 Å². The van der Waals surface area contributed by atoms with Gasteiger partial charge in [0.25, 0.3) is 0 Å². The molecule has 0 aliphatic heterocycles. The van der Waals surface area contributed by atoms with E-state index in [9.17, 15) is 0 Å². The SMILES string of the molecule is Cc1cc(C(c2ccccc2)c2ccccc2)c(N=C2CCCc3ccc(-c4ccccc4)nc32)c(C(c2ccccc2)c2ccccc2)c1. The van der Waals surface area contributed by atoms with Gasteiger partial charge in [0.2, 0.25) is 0 Å². The quantitative estimate of drug-likeness (QED) is 0.151. The van der Waals surface area contributed by atoms with Crippen molar-refractivity contribution in [2.45, 2.75) is 38.0 Å². The standard InChI is InChI=1S/C48H40N2/c1-34-32-41(45(36-20-9-3-10-21-36)37-22-11-4-12-23-37)48(42(33-34)46(38-24-13-5-14-25-38)39-26-15-6-16-27-39)50-44-29-17-28-40-30-31-43(49-47(40)44)35-18-7-2-8-19-35/h2-16,18-27,30-33,45-46H,17,28-29H2,1H3. The molecule has 0 amide bonds. The predicted octanol–water partition coefficient (Wildman–Crippen LogP) is 11.9. The zero-order valence-electron chi connectivity index (χ0n) is 28.4. The van der Waals surface area contributed by atoms with Gasteiger partial charge in [0.1, 0.15) is 0 Å². The molecular weight excluding hydrogens is 605 g/mol. The number of aryl methyl sites for hydroxylation is 2. The van der Waals surface area contributed by atoms with Crippen molar-refractivity contribution >= 4 is 11.4 Å². The second-order valence-electron chi connectivity index (χ2n) is 13.3. The fraction of sp³-hybridized carbons (Fsp3) is 0.125. The molecule has 0 saturated carbocycles. The van der Waals surface area contributed by atoms with E-state index in [4.69, 9.17) is 9.98 Å². The molecule has 242 valence electrons. The van der Waals surface area contributed by atoms with E-state index in [-0.39, 0.29) is 11.8 Å². The van der Waals surface area contributed by atoms with Crippen LogP contribution in [0, 0.1) is 6.92 Å². The lowest BCUT2D eigenvalue weighted by Crippen LogP contribution is -2.16. The molecule has 1 aliphatic rings. The van der Waals surface area contributed by atoms with Crippen LogP contribution in [0.15, 0.2) is 181 Å². The summed E-state index contributed by atoms with van der Waals surface area (Å²) in [4.78, 5) is 11.2. The smallest absolute Gasteiger partial charge is 0.0884 e. The molecule has 6 aromatic carbocycles. The van der Waals surface area contributed by atoms with Crippen LogP contribution in [-0.2, 0) is 6.42 Å². The summed E-state index contributed by atoms with van der Waals surface area (Å²) in [5.74, 6) is -0.0106. The van der Waals surface area contributed by atoms with Crippen molar-refractivity contribution in [3.63, 3.8) is 0 Å². The molecule has 1 aromatic heterocycles. The second-order valence-corrected chi connectivity index (χ2v) is 13.3. The molecule has 0 saturated heterocycles. The molecule has 0 radical (unpaired) electrons. The highest BCUT2D eigenvalue weighted by molar-refractivity contribution is 6.03. The number of pyridine rings is 1. The van der Waals surface area contributed by atoms with Crippen LogP contribution in [0.4, 0.5) is 5.69 Å². The predicted molar refractivity (Wildman–Crippen MR) is 208 cm³/mol. The maximum atomic E-state index is 5.83. The molecule has 0 unspecified atom stereocenters. The Kier molecular flexibility index (Phi) is 9.00. The van der Waals surface area contributed by atoms with E-state index in [2.05, 4.69) is 183 Å². The van der Waals surface area contributed by atoms with Crippen LogP contribution >= 0.6 is 0 Å². The van der Waals surface area contributed by atoms with Gasteiger partial charge in [-0.1, -0.05) is 175 Å². The van der Waals surface area contributed by atoms with Crippen LogP contribution in [0.1, 0.15) is 74.9 Å². The maximum absolute atomic E-state index is 5.83. The first-order valence-corrected chi connectivity index (χ1v) is 17.7. The van der Waals surface area contributed by atoms with Gasteiger partial charge in [-0.3, -0.25) is 4.99 Å². The minimum absolute atomic E-state index is 0.00531. The molecule has 1 heterocycles. The third kappa shape index (κ3) is 6.45. The van der Waals surface area contributed by atoms with Crippen molar-refractivity contribution in [2.75, 3.05) is 0 Å². The fourth-order valence-electron chi connectivity index (χ4n) is 7.61. The first-order chi connectivity index (χ1) is 24.7. The number of rotatable bonds is 8. The molecule has 0 bridgehead atoms. The lowest BCUT2D eigenvalue weighted by molar-refractivity contribution is 0.826. The first-order valence-electron chi connectivity index (χ1n) is 17.7. The van der Waals surface area contributed by atoms with Gasteiger partial charge in [-0.05, 0) is 71.2 Å². The molecule has 2 nitrogen and oxygen atoms in total. The highest BCUT2D eigenvalue weighted by Gasteiger charge is 2.28. The Morgan fingerprint density at radius 1 is 0.500 bits per heavy atom. The van der Waals surface area contributed by atoms with Crippen molar-refractivity contribution in [1.29, 1.82) is 0 Å². The third-order valence-electron chi connectivity index (χ3n) is 9.90. The Morgan fingerprint density at radius 3 is 1.40 bits per heavy atom. The monoisotopic (exact) mass is 644 g/mol. The lowest BCUT2D eigenvalue weighted by atomic mass is 9.78. The molecule has 0 atom stereocenters. The van der Waals surface area contributed by atoms with Gasteiger partial charge in [-0.2, -0.15) is 0 Å². The topological polar surface area (TPSA) is 25.2 Å². The van der Waals surface area contributed by atoms with E-state index in [0.29, 0.717) is 0 Å². The van der Waals surface area contributed by atoms with Gasteiger partial charge >= 0.3 is 0 Å². The van der Waals surface area contributed by atoms with Gasteiger partial charge < -0.3 is 0 Å². The van der Waals surface area contributed by atoms with Gasteiger partial charge in [0.05, 0.1) is 22.8 Å². The van der Waals surface area contributed by atoms with Gasteiger partial charge in [-0.15, -0.1) is 0 Å². The van der Waals surface area contributed by atoms with Crippen molar-refractivity contribution in [3.05, 3.63) is 226 Å². The molecule has 2 heteroatoms. The summed E-state index contributed by atoms with van der Waals surface area (Å²) >= 11 is 0. The third-order valence-corrected chi connectivity index (χ3v) is 9.90. The number of aliphatic imine (C=N–C) groups is 1. The van der Waals surface area contributed by atoms with Crippen molar-refractivity contribution < 1.29 is 0 Å². The van der Waals surface area contributed by atoms with Gasteiger partial charge in [0, 0.05) is 17.4 Å². The highest BCUT2D eigenvalue weighted by atomic mass is 14.8. The molecular formula is C48H40N2. The number of nitrogens with zero attached hydrogens (tertiary/aromatic N) is 2. The number of benzene rings is 6. The summed E-state index contributed by atoms with van der Waals surface area (Å²) in [5, 5.41) is 0. The Hall–Kier alpha value is -5.86. The summed E-state index contributed by atoms with van der Waals surface area (Å²) in [5.41, 5.74) is 15.2. The summed E-state index contributed by atoms with van der Waals surface area (Å²) in [6, 6.07) is 63.3. The van der Waals surface area contributed by atoms with E-state index in [1.165, 1.54) is 44.5 Å². The molecule has 1 aliphatic carbocycles. The zero-order chi connectivity index (χ0) is 33.7. The Bertz CT molecular complexity index is 2040. The Balaban J connectivity index is 1.43. The molecule has 50 heavy (non-hydrogen) atoms. The van der Waals surface area contributed by atoms with Crippen LogP contribution in [0.2, 0.25) is 0 Å². The average molecular weight is 645 g/mol. The van der Waals surface area contributed by atoms with Gasteiger partial charge in [0.15, 0.2) is 0 Å². The van der Waals surface area contributed by atoms with Crippen LogP contribution in [0.25, 0.3) is 11.3 Å². The van der Waals surface area contributed by atoms with Crippen LogP contribution in [0.3, 0.4) is 0 Å². The maximum Gasteiger partial charge on any atom is 0.0884 e. The van der Waals surface area contributed by atoms with E-state index in [1.807, 2.05) is 0 Å². The molecule has 8 rings (SSSR count). The van der Waals surface area contributed by atoms with E-state index in [0.717, 1.165) is 47.6 Å². The molecule has 0 fully saturated rings. The Labute approximate surface area is 295 Å². The van der Waals surface area contributed by atoms with E-state index in [1.54, 1.807) is 0 Å². The van der Waals surface area contributed by atoms with Crippen LogP contribution in [0.5, 0.6) is 0 Å². The number of hydrogen-bond donors (Lipinski definition) is 0. The van der Waals surface area contributed by atoms with Crippen LogP contribution < -0.4 is 0 Å². The first kappa shape index (κ1) is 31.4. The number of hydrogen-bond acceptors (Lipinski definition) is 2. The van der Waals surface area contributed by atoms with E-state index < -0.39 is 0 Å². The largest absolute Gasteiger partial charge is 0.251 e. The minimum atomic E-state index is -0.00531. The summed E-state index contributed by atoms with van der Waals surface area (Å²) in [7, 11) is 0. The number of aromatic nitrogens is 1. The normalized spacial score (nSPS) is 13.5. The average Bonchev–Trinajstić information content (AvgIpc) is 3.18. The van der Waals surface area contributed by atoms with Crippen molar-refractivity contribution in [2.24, 2.45) is 4.99 Å². The summed E-state index contributed by atoms with van der Waals surface area (Å²) in [6.45, 7) is 2.23. The molecule has 0 N–H and O–H groups in total. The number of fused-ring (bicyclic) bond motifs is 1. The van der Waals surface area contributed by atoms with Gasteiger partial charge in [-0.25, -0.2) is 4.98 Å².